The van der Waals surface area contributed by atoms with Gasteiger partial charge in [0.15, 0.2) is 0 Å². The van der Waals surface area contributed by atoms with Gasteiger partial charge >= 0.3 is 0 Å². The summed E-state index contributed by atoms with van der Waals surface area (Å²) < 4.78 is 0. The Bertz CT molecular complexity index is 328. The number of hydrogen-bond donors (Lipinski definition) is 1. The molecule has 5 atom stereocenters. The molecule has 1 N–H and O–H groups in total. The summed E-state index contributed by atoms with van der Waals surface area (Å²) in [6, 6.07) is 0.549. The average Bonchev–Trinajstić information content (AvgIpc) is 2.94. The summed E-state index contributed by atoms with van der Waals surface area (Å²) in [5, 5.41) is 3.47. The highest BCUT2D eigenvalue weighted by Gasteiger charge is 2.49. The second-order valence-electron chi connectivity index (χ2n) is 6.56. The molecule has 0 aromatic heterocycles. The van der Waals surface area contributed by atoms with Crippen molar-refractivity contribution in [3.05, 3.63) is 0 Å². The zero-order chi connectivity index (χ0) is 12.2. The van der Waals surface area contributed by atoms with Crippen LogP contribution in [0.1, 0.15) is 46.5 Å². The van der Waals surface area contributed by atoms with Gasteiger partial charge in [0, 0.05) is 6.04 Å². The molecule has 1 amide bonds. The first-order valence-corrected chi connectivity index (χ1v) is 7.16. The van der Waals surface area contributed by atoms with Gasteiger partial charge in [-0.1, -0.05) is 20.3 Å². The molecule has 3 nitrogen and oxygen atoms in total. The molecule has 17 heavy (non-hydrogen) atoms. The molecule has 3 heteroatoms. The first-order chi connectivity index (χ1) is 8.08. The van der Waals surface area contributed by atoms with Gasteiger partial charge in [0.2, 0.25) is 5.91 Å². The van der Waals surface area contributed by atoms with E-state index in [0.29, 0.717) is 17.9 Å². The molecule has 1 aliphatic heterocycles. The van der Waals surface area contributed by atoms with Gasteiger partial charge in [-0.15, -0.1) is 0 Å². The van der Waals surface area contributed by atoms with Gasteiger partial charge in [-0.05, 0) is 43.9 Å². The van der Waals surface area contributed by atoms with Crippen molar-refractivity contribution >= 4 is 5.91 Å². The lowest BCUT2D eigenvalue weighted by Gasteiger charge is -2.37. The van der Waals surface area contributed by atoms with Gasteiger partial charge in [-0.25, -0.2) is 0 Å². The maximum absolute atomic E-state index is 12.3. The van der Waals surface area contributed by atoms with E-state index >= 15 is 0 Å². The quantitative estimate of drug-likeness (QED) is 0.795. The van der Waals surface area contributed by atoms with E-state index < -0.39 is 0 Å². The SMILES string of the molecule is CC1NC(C(C)C)N(C2CC3CCC2C3)C1=O. The third kappa shape index (κ3) is 1.70. The highest BCUT2D eigenvalue weighted by Crippen LogP contribution is 2.47. The molecule has 3 rings (SSSR count). The number of nitrogens with zero attached hydrogens (tertiary/aromatic N) is 1. The monoisotopic (exact) mass is 236 g/mol. The van der Waals surface area contributed by atoms with Crippen LogP contribution in [-0.4, -0.2) is 29.1 Å². The number of carbonyl (C=O) groups excluding carboxylic acids is 1. The van der Waals surface area contributed by atoms with Gasteiger partial charge in [0.05, 0.1) is 12.2 Å². The Morgan fingerprint density at radius 1 is 1.29 bits per heavy atom. The first kappa shape index (κ1) is 11.5. The molecule has 1 heterocycles. The number of nitrogens with one attached hydrogen (secondary N) is 1. The molecule has 2 aliphatic carbocycles. The fourth-order valence-electron chi connectivity index (χ4n) is 4.20. The minimum Gasteiger partial charge on any atom is -0.322 e. The van der Waals surface area contributed by atoms with Crippen LogP contribution in [0.25, 0.3) is 0 Å². The number of fused-ring (bicyclic) bond motifs is 2. The Hall–Kier alpha value is -0.570. The summed E-state index contributed by atoms with van der Waals surface area (Å²) in [7, 11) is 0. The summed E-state index contributed by atoms with van der Waals surface area (Å²) in [5.41, 5.74) is 0. The molecule has 3 aliphatic rings. The molecule has 0 aromatic rings. The summed E-state index contributed by atoms with van der Waals surface area (Å²) in [5.74, 6) is 2.53. The lowest BCUT2D eigenvalue weighted by atomic mass is 9.93. The van der Waals surface area contributed by atoms with E-state index in [4.69, 9.17) is 0 Å². The predicted molar refractivity (Wildman–Crippen MR) is 67.3 cm³/mol. The average molecular weight is 236 g/mol. The molecule has 0 radical (unpaired) electrons. The van der Waals surface area contributed by atoms with Crippen molar-refractivity contribution in [1.82, 2.24) is 10.2 Å². The zero-order valence-electron chi connectivity index (χ0n) is 11.1. The maximum Gasteiger partial charge on any atom is 0.240 e. The normalized spacial score (nSPS) is 45.3. The second kappa shape index (κ2) is 3.98. The van der Waals surface area contributed by atoms with Crippen LogP contribution in [0.5, 0.6) is 0 Å². The van der Waals surface area contributed by atoms with Gasteiger partial charge in [0.1, 0.15) is 0 Å². The molecule has 2 saturated carbocycles. The van der Waals surface area contributed by atoms with Crippen molar-refractivity contribution in [1.29, 1.82) is 0 Å². The molecule has 1 saturated heterocycles. The summed E-state index contributed by atoms with van der Waals surface area (Å²) in [4.78, 5) is 14.6. The van der Waals surface area contributed by atoms with Crippen molar-refractivity contribution in [3.8, 4) is 0 Å². The van der Waals surface area contributed by atoms with Crippen molar-refractivity contribution in [2.75, 3.05) is 0 Å². The summed E-state index contributed by atoms with van der Waals surface area (Å²) >= 11 is 0. The Balaban J connectivity index is 1.82. The molecule has 3 fully saturated rings. The van der Waals surface area contributed by atoms with Crippen molar-refractivity contribution in [2.45, 2.75) is 64.7 Å². The van der Waals surface area contributed by atoms with Crippen LogP contribution in [0.3, 0.4) is 0 Å². The second-order valence-corrected chi connectivity index (χ2v) is 6.56. The largest absolute Gasteiger partial charge is 0.322 e. The van der Waals surface area contributed by atoms with E-state index in [1.54, 1.807) is 0 Å². The topological polar surface area (TPSA) is 32.3 Å². The molecule has 0 spiro atoms. The molecule has 2 bridgehead atoms. The zero-order valence-corrected chi connectivity index (χ0v) is 11.1. The van der Waals surface area contributed by atoms with Crippen molar-refractivity contribution in [3.63, 3.8) is 0 Å². The van der Waals surface area contributed by atoms with Crippen LogP contribution in [0.2, 0.25) is 0 Å². The first-order valence-electron chi connectivity index (χ1n) is 7.16. The van der Waals surface area contributed by atoms with Gasteiger partial charge in [-0.2, -0.15) is 0 Å². The Kier molecular flexibility index (Phi) is 2.69. The fourth-order valence-corrected chi connectivity index (χ4v) is 4.20. The molecule has 5 unspecified atom stereocenters. The number of amides is 1. The number of hydrogen-bond acceptors (Lipinski definition) is 2. The minimum atomic E-state index is 0.0153. The fraction of sp³-hybridized carbons (Fsp3) is 0.929. The summed E-state index contributed by atoms with van der Waals surface area (Å²) in [6.45, 7) is 6.43. The molecular weight excluding hydrogens is 212 g/mol. The Labute approximate surface area is 104 Å². The van der Waals surface area contributed by atoms with E-state index in [2.05, 4.69) is 24.1 Å². The van der Waals surface area contributed by atoms with E-state index in [0.717, 1.165) is 11.8 Å². The van der Waals surface area contributed by atoms with E-state index in [9.17, 15) is 4.79 Å². The van der Waals surface area contributed by atoms with Crippen LogP contribution in [0.15, 0.2) is 0 Å². The standard InChI is InChI=1S/C14H24N2O/c1-8(2)13-15-9(3)14(17)16(13)12-7-10-4-5-11(12)6-10/h8-13,15H,4-7H2,1-3H3. The summed E-state index contributed by atoms with van der Waals surface area (Å²) in [6.07, 6.45) is 5.64. The van der Waals surface area contributed by atoms with Crippen LogP contribution >= 0.6 is 0 Å². The minimum absolute atomic E-state index is 0.0153. The lowest BCUT2D eigenvalue weighted by molar-refractivity contribution is -0.133. The van der Waals surface area contributed by atoms with Crippen LogP contribution in [-0.2, 0) is 4.79 Å². The van der Waals surface area contributed by atoms with E-state index in [-0.39, 0.29) is 12.2 Å². The number of rotatable bonds is 2. The maximum atomic E-state index is 12.3. The highest BCUT2D eigenvalue weighted by atomic mass is 16.2. The van der Waals surface area contributed by atoms with Crippen molar-refractivity contribution in [2.24, 2.45) is 17.8 Å². The third-order valence-corrected chi connectivity index (χ3v) is 5.03. The molecule has 0 aromatic carbocycles. The van der Waals surface area contributed by atoms with Crippen LogP contribution in [0.4, 0.5) is 0 Å². The van der Waals surface area contributed by atoms with E-state index in [1.165, 1.54) is 25.7 Å². The van der Waals surface area contributed by atoms with E-state index in [1.807, 2.05) is 6.92 Å². The molecule has 96 valence electrons. The van der Waals surface area contributed by atoms with Gasteiger partial charge < -0.3 is 4.90 Å². The Morgan fingerprint density at radius 3 is 2.59 bits per heavy atom. The Morgan fingerprint density at radius 2 is 2.06 bits per heavy atom. The lowest BCUT2D eigenvalue weighted by Crippen LogP contribution is -2.49. The van der Waals surface area contributed by atoms with Crippen LogP contribution in [0, 0.1) is 17.8 Å². The number of carbonyl (C=O) groups is 1. The van der Waals surface area contributed by atoms with Crippen molar-refractivity contribution < 1.29 is 4.79 Å². The van der Waals surface area contributed by atoms with Gasteiger partial charge in [-0.3, -0.25) is 10.1 Å². The third-order valence-electron chi connectivity index (χ3n) is 5.03. The van der Waals surface area contributed by atoms with Crippen LogP contribution < -0.4 is 5.32 Å². The van der Waals surface area contributed by atoms with Gasteiger partial charge in [0.25, 0.3) is 0 Å². The molecular formula is C14H24N2O. The predicted octanol–water partition coefficient (Wildman–Crippen LogP) is 1.98. The smallest absolute Gasteiger partial charge is 0.240 e. The highest BCUT2D eigenvalue weighted by molar-refractivity contribution is 5.84.